The molecule has 12 heavy (non-hydrogen) atoms. The number of carbonyl (C=O) groups is 1. The number of hydrogen-bond acceptors (Lipinski definition) is 4. The molecule has 0 rings (SSSR count). The van der Waals surface area contributed by atoms with Crippen LogP contribution in [0.1, 0.15) is 20.8 Å². The summed E-state index contributed by atoms with van der Waals surface area (Å²) < 4.78 is 4.98. The van der Waals surface area contributed by atoms with Crippen LogP contribution in [0.25, 0.3) is 0 Å². The molecule has 0 saturated carbocycles. The highest BCUT2D eigenvalue weighted by molar-refractivity contribution is 5.75. The smallest absolute Gasteiger partial charge is 0.324 e. The zero-order chi connectivity index (χ0) is 9.72. The van der Waals surface area contributed by atoms with Crippen LogP contribution in [0.15, 0.2) is 0 Å². The molecular formula is C8H18N2O2. The van der Waals surface area contributed by atoms with Gasteiger partial charge in [0.2, 0.25) is 0 Å². The van der Waals surface area contributed by atoms with Crippen LogP contribution in [0.5, 0.6) is 0 Å². The molecule has 4 heteroatoms. The highest BCUT2D eigenvalue weighted by atomic mass is 16.5. The molecule has 0 aliphatic rings. The molecule has 0 heterocycles. The van der Waals surface area contributed by atoms with Crippen molar-refractivity contribution in [3.8, 4) is 0 Å². The Hall–Kier alpha value is -0.610. The van der Waals surface area contributed by atoms with Crippen molar-refractivity contribution in [3.63, 3.8) is 0 Å². The minimum absolute atomic E-state index is 0.0519. The van der Waals surface area contributed by atoms with E-state index in [4.69, 9.17) is 4.74 Å². The summed E-state index contributed by atoms with van der Waals surface area (Å²) in [6.45, 7) is 5.44. The summed E-state index contributed by atoms with van der Waals surface area (Å²) in [6.07, 6.45) is -0.0519. The molecule has 0 aromatic rings. The standard InChI is InChI=1S/C8H18N2O2/c1-6(2)12-8(11)7(3)9-10(4)5/h6-7,9H,1-5H3. The fraction of sp³-hybridized carbons (Fsp3) is 0.875. The average Bonchev–Trinajstić information content (AvgIpc) is 1.84. The second-order valence-corrected chi connectivity index (χ2v) is 3.23. The number of hydrogen-bond donors (Lipinski definition) is 1. The molecule has 1 unspecified atom stereocenters. The molecule has 0 aromatic heterocycles. The number of hydrazine groups is 1. The van der Waals surface area contributed by atoms with Gasteiger partial charge in [-0.05, 0) is 20.8 Å². The fourth-order valence-electron chi connectivity index (χ4n) is 0.774. The Labute approximate surface area is 73.8 Å². The van der Waals surface area contributed by atoms with E-state index < -0.39 is 0 Å². The molecule has 0 amide bonds. The summed E-state index contributed by atoms with van der Waals surface area (Å²) in [6, 6.07) is -0.289. The van der Waals surface area contributed by atoms with E-state index in [1.165, 1.54) is 0 Å². The predicted molar refractivity (Wildman–Crippen MR) is 47.5 cm³/mol. The van der Waals surface area contributed by atoms with E-state index in [0.29, 0.717) is 0 Å². The zero-order valence-electron chi connectivity index (χ0n) is 8.42. The lowest BCUT2D eigenvalue weighted by Crippen LogP contribution is -2.44. The van der Waals surface area contributed by atoms with E-state index in [9.17, 15) is 4.79 Å². The van der Waals surface area contributed by atoms with Crippen LogP contribution in [0, 0.1) is 0 Å². The van der Waals surface area contributed by atoms with Crippen LogP contribution in [-0.2, 0) is 9.53 Å². The first-order valence-corrected chi connectivity index (χ1v) is 4.07. The Balaban J connectivity index is 3.77. The first kappa shape index (κ1) is 11.4. The molecule has 0 bridgehead atoms. The Morgan fingerprint density at radius 2 is 1.83 bits per heavy atom. The zero-order valence-corrected chi connectivity index (χ0v) is 8.42. The summed E-state index contributed by atoms with van der Waals surface area (Å²) in [5.74, 6) is -0.223. The van der Waals surface area contributed by atoms with Crippen molar-refractivity contribution in [1.29, 1.82) is 0 Å². The van der Waals surface area contributed by atoms with E-state index in [-0.39, 0.29) is 18.1 Å². The van der Waals surface area contributed by atoms with Crippen LogP contribution < -0.4 is 5.43 Å². The first-order chi connectivity index (χ1) is 5.43. The highest BCUT2D eigenvalue weighted by Gasteiger charge is 2.15. The van der Waals surface area contributed by atoms with Gasteiger partial charge in [0.25, 0.3) is 0 Å². The third kappa shape index (κ3) is 5.09. The lowest BCUT2D eigenvalue weighted by molar-refractivity contribution is -0.150. The predicted octanol–water partition coefficient (Wildman–Crippen LogP) is 0.393. The Morgan fingerprint density at radius 3 is 2.17 bits per heavy atom. The molecule has 72 valence electrons. The van der Waals surface area contributed by atoms with E-state index in [1.54, 1.807) is 11.9 Å². The molecule has 0 aliphatic carbocycles. The molecule has 0 saturated heterocycles. The van der Waals surface area contributed by atoms with Gasteiger partial charge in [-0.2, -0.15) is 0 Å². The quantitative estimate of drug-likeness (QED) is 0.494. The van der Waals surface area contributed by atoms with Crippen molar-refractivity contribution in [2.75, 3.05) is 14.1 Å². The van der Waals surface area contributed by atoms with Crippen molar-refractivity contribution in [3.05, 3.63) is 0 Å². The second-order valence-electron chi connectivity index (χ2n) is 3.23. The summed E-state index contributed by atoms with van der Waals surface area (Å²) >= 11 is 0. The molecule has 0 radical (unpaired) electrons. The number of esters is 1. The van der Waals surface area contributed by atoms with Gasteiger partial charge in [0.1, 0.15) is 6.04 Å². The van der Waals surface area contributed by atoms with Gasteiger partial charge in [0.05, 0.1) is 6.10 Å². The van der Waals surface area contributed by atoms with Crippen LogP contribution in [-0.4, -0.2) is 37.2 Å². The minimum atomic E-state index is -0.289. The largest absolute Gasteiger partial charge is 0.462 e. The fourth-order valence-corrected chi connectivity index (χ4v) is 0.774. The van der Waals surface area contributed by atoms with Crippen molar-refractivity contribution in [1.82, 2.24) is 10.4 Å². The van der Waals surface area contributed by atoms with E-state index in [2.05, 4.69) is 5.43 Å². The molecule has 0 aliphatic heterocycles. The Kier molecular flexibility index (Phi) is 4.85. The number of carbonyl (C=O) groups excluding carboxylic acids is 1. The average molecular weight is 174 g/mol. The Bertz CT molecular complexity index is 146. The molecule has 0 spiro atoms. The van der Waals surface area contributed by atoms with E-state index in [1.807, 2.05) is 27.9 Å². The van der Waals surface area contributed by atoms with Crippen molar-refractivity contribution in [2.45, 2.75) is 32.9 Å². The van der Waals surface area contributed by atoms with Crippen molar-refractivity contribution < 1.29 is 9.53 Å². The lowest BCUT2D eigenvalue weighted by atomic mass is 10.3. The molecule has 1 N–H and O–H groups in total. The van der Waals surface area contributed by atoms with Gasteiger partial charge >= 0.3 is 5.97 Å². The van der Waals surface area contributed by atoms with Gasteiger partial charge in [-0.3, -0.25) is 4.79 Å². The summed E-state index contributed by atoms with van der Waals surface area (Å²) in [7, 11) is 3.66. The highest BCUT2D eigenvalue weighted by Crippen LogP contribution is 1.93. The van der Waals surface area contributed by atoms with Gasteiger partial charge in [0.15, 0.2) is 0 Å². The van der Waals surface area contributed by atoms with Gasteiger partial charge < -0.3 is 4.74 Å². The second kappa shape index (κ2) is 5.11. The molecule has 1 atom stereocenters. The van der Waals surface area contributed by atoms with E-state index >= 15 is 0 Å². The van der Waals surface area contributed by atoms with Gasteiger partial charge in [-0.25, -0.2) is 10.4 Å². The number of nitrogens with zero attached hydrogens (tertiary/aromatic N) is 1. The van der Waals surface area contributed by atoms with Crippen molar-refractivity contribution >= 4 is 5.97 Å². The molecule has 0 aromatic carbocycles. The maximum Gasteiger partial charge on any atom is 0.324 e. The lowest BCUT2D eigenvalue weighted by Gasteiger charge is -2.19. The van der Waals surface area contributed by atoms with Crippen molar-refractivity contribution in [2.24, 2.45) is 0 Å². The first-order valence-electron chi connectivity index (χ1n) is 4.07. The molecule has 0 fully saturated rings. The molecule has 4 nitrogen and oxygen atoms in total. The van der Waals surface area contributed by atoms with Crippen LogP contribution >= 0.6 is 0 Å². The third-order valence-electron chi connectivity index (χ3n) is 1.16. The molecular weight excluding hydrogens is 156 g/mol. The van der Waals surface area contributed by atoms with E-state index in [0.717, 1.165) is 0 Å². The third-order valence-corrected chi connectivity index (χ3v) is 1.16. The summed E-state index contributed by atoms with van der Waals surface area (Å²) in [5.41, 5.74) is 2.91. The minimum Gasteiger partial charge on any atom is -0.462 e. The maximum absolute atomic E-state index is 11.2. The number of ether oxygens (including phenoxy) is 1. The SMILES string of the molecule is CC(C)OC(=O)C(C)NN(C)C. The van der Waals surface area contributed by atoms with Crippen LogP contribution in [0.3, 0.4) is 0 Å². The number of nitrogens with one attached hydrogen (secondary N) is 1. The van der Waals surface area contributed by atoms with Gasteiger partial charge in [-0.1, -0.05) is 0 Å². The van der Waals surface area contributed by atoms with Crippen LogP contribution in [0.4, 0.5) is 0 Å². The van der Waals surface area contributed by atoms with Gasteiger partial charge in [-0.15, -0.1) is 0 Å². The van der Waals surface area contributed by atoms with Gasteiger partial charge in [0, 0.05) is 14.1 Å². The monoisotopic (exact) mass is 174 g/mol. The maximum atomic E-state index is 11.2. The topological polar surface area (TPSA) is 41.6 Å². The normalized spacial score (nSPS) is 13.6. The summed E-state index contributed by atoms with van der Waals surface area (Å²) in [5, 5.41) is 1.73. The Morgan fingerprint density at radius 1 is 1.33 bits per heavy atom. The van der Waals surface area contributed by atoms with Crippen LogP contribution in [0.2, 0.25) is 0 Å². The summed E-state index contributed by atoms with van der Waals surface area (Å²) in [4.78, 5) is 11.2. The number of rotatable bonds is 4.